The molecule has 2 heterocycles. The van der Waals surface area contributed by atoms with Crippen LogP contribution in [0.1, 0.15) is 26.7 Å². The molecule has 3 N–H and O–H groups in total. The molecule has 0 bridgehead atoms. The van der Waals surface area contributed by atoms with Crippen molar-refractivity contribution in [3.63, 3.8) is 0 Å². The number of nitrogen functional groups attached to an aromatic ring is 1. The molecule has 1 unspecified atom stereocenters. The maximum atomic E-state index is 5.79. The highest BCUT2D eigenvalue weighted by molar-refractivity contribution is 5.52. The van der Waals surface area contributed by atoms with Crippen LogP contribution in [0.15, 0.2) is 6.07 Å². The zero-order valence-electron chi connectivity index (χ0n) is 11.7. The maximum absolute atomic E-state index is 5.79. The van der Waals surface area contributed by atoms with Crippen LogP contribution in [0, 0.1) is 0 Å². The van der Waals surface area contributed by atoms with Gasteiger partial charge in [-0.2, -0.15) is 9.97 Å². The Kier molecular flexibility index (Phi) is 4.79. The third-order valence-electron chi connectivity index (χ3n) is 3.06. The SMILES string of the molecule is CCCNc1cc(N2CCCOC(C)C2)nc(N)n1. The monoisotopic (exact) mass is 265 g/mol. The molecule has 0 spiro atoms. The number of hydrogen-bond donors (Lipinski definition) is 2. The van der Waals surface area contributed by atoms with Crippen molar-refractivity contribution in [2.45, 2.75) is 32.8 Å². The summed E-state index contributed by atoms with van der Waals surface area (Å²) in [7, 11) is 0. The molecule has 0 saturated carbocycles. The van der Waals surface area contributed by atoms with Gasteiger partial charge in [-0.3, -0.25) is 0 Å². The number of ether oxygens (including phenoxy) is 1. The molecule has 0 amide bonds. The van der Waals surface area contributed by atoms with Crippen molar-refractivity contribution in [2.24, 2.45) is 0 Å². The van der Waals surface area contributed by atoms with Crippen molar-refractivity contribution in [3.8, 4) is 0 Å². The fraction of sp³-hybridized carbons (Fsp3) is 0.692. The van der Waals surface area contributed by atoms with E-state index in [9.17, 15) is 0 Å². The van der Waals surface area contributed by atoms with Gasteiger partial charge in [0.25, 0.3) is 0 Å². The zero-order valence-corrected chi connectivity index (χ0v) is 11.7. The molecule has 6 heteroatoms. The third kappa shape index (κ3) is 3.96. The van der Waals surface area contributed by atoms with Gasteiger partial charge < -0.3 is 20.7 Å². The van der Waals surface area contributed by atoms with Crippen LogP contribution in [0.25, 0.3) is 0 Å². The van der Waals surface area contributed by atoms with E-state index in [1.807, 2.05) is 6.07 Å². The summed E-state index contributed by atoms with van der Waals surface area (Å²) in [6.45, 7) is 7.66. The van der Waals surface area contributed by atoms with Crippen molar-refractivity contribution >= 4 is 17.6 Å². The van der Waals surface area contributed by atoms with Crippen LogP contribution in [-0.4, -0.2) is 42.3 Å². The number of hydrogen-bond acceptors (Lipinski definition) is 6. The Morgan fingerprint density at radius 1 is 1.53 bits per heavy atom. The first-order valence-electron chi connectivity index (χ1n) is 6.94. The quantitative estimate of drug-likeness (QED) is 0.859. The molecule has 1 aromatic rings. The molecular weight excluding hydrogens is 242 g/mol. The van der Waals surface area contributed by atoms with Crippen LogP contribution in [-0.2, 0) is 4.74 Å². The second kappa shape index (κ2) is 6.56. The number of anilines is 3. The van der Waals surface area contributed by atoms with Crippen molar-refractivity contribution < 1.29 is 4.74 Å². The normalized spacial score (nSPS) is 20.1. The van der Waals surface area contributed by atoms with E-state index < -0.39 is 0 Å². The molecule has 1 fully saturated rings. The largest absolute Gasteiger partial charge is 0.377 e. The first-order chi connectivity index (χ1) is 9.19. The average molecular weight is 265 g/mol. The summed E-state index contributed by atoms with van der Waals surface area (Å²) in [5.74, 6) is 1.99. The topological polar surface area (TPSA) is 76.3 Å². The van der Waals surface area contributed by atoms with E-state index in [4.69, 9.17) is 10.5 Å². The predicted octanol–water partition coefficient (Wildman–Crippen LogP) is 1.50. The third-order valence-corrected chi connectivity index (χ3v) is 3.06. The smallest absolute Gasteiger partial charge is 0.223 e. The lowest BCUT2D eigenvalue weighted by Gasteiger charge is -2.23. The van der Waals surface area contributed by atoms with Gasteiger partial charge in [0.15, 0.2) is 0 Å². The fourth-order valence-electron chi connectivity index (χ4n) is 2.16. The number of rotatable bonds is 4. The second-order valence-corrected chi connectivity index (χ2v) is 4.88. The Labute approximate surface area is 114 Å². The van der Waals surface area contributed by atoms with E-state index in [1.54, 1.807) is 0 Å². The minimum absolute atomic E-state index is 0.214. The lowest BCUT2D eigenvalue weighted by molar-refractivity contribution is 0.0820. The zero-order chi connectivity index (χ0) is 13.7. The summed E-state index contributed by atoms with van der Waals surface area (Å²) >= 11 is 0. The Morgan fingerprint density at radius 2 is 2.37 bits per heavy atom. The summed E-state index contributed by atoms with van der Waals surface area (Å²) in [6.07, 6.45) is 2.27. The van der Waals surface area contributed by atoms with Crippen LogP contribution < -0.4 is 16.0 Å². The van der Waals surface area contributed by atoms with Gasteiger partial charge in [-0.15, -0.1) is 0 Å². The predicted molar refractivity (Wildman–Crippen MR) is 77.5 cm³/mol. The van der Waals surface area contributed by atoms with E-state index in [-0.39, 0.29) is 6.10 Å². The maximum Gasteiger partial charge on any atom is 0.223 e. The summed E-state index contributed by atoms with van der Waals surface area (Å²) in [5.41, 5.74) is 5.79. The lowest BCUT2D eigenvalue weighted by Crippen LogP contribution is -2.31. The van der Waals surface area contributed by atoms with Gasteiger partial charge in [0.2, 0.25) is 5.95 Å². The molecule has 6 nitrogen and oxygen atoms in total. The standard InChI is InChI=1S/C13H23N5O/c1-3-5-15-11-8-12(17-13(14)16-11)18-6-4-7-19-10(2)9-18/h8,10H,3-7,9H2,1-2H3,(H3,14,15,16,17). The van der Waals surface area contributed by atoms with Gasteiger partial charge in [-0.25, -0.2) is 0 Å². The van der Waals surface area contributed by atoms with Crippen molar-refractivity contribution in [1.29, 1.82) is 0 Å². The molecule has 1 aliphatic rings. The molecule has 1 aromatic heterocycles. The Bertz CT molecular complexity index is 412. The first kappa shape index (κ1) is 13.9. The minimum atomic E-state index is 0.214. The molecule has 0 aromatic carbocycles. The van der Waals surface area contributed by atoms with E-state index in [0.717, 1.165) is 50.7 Å². The van der Waals surface area contributed by atoms with Gasteiger partial charge >= 0.3 is 0 Å². The Hall–Kier alpha value is -1.56. The van der Waals surface area contributed by atoms with E-state index in [2.05, 4.69) is 34.0 Å². The Morgan fingerprint density at radius 3 is 3.16 bits per heavy atom. The van der Waals surface area contributed by atoms with Crippen LogP contribution in [0.4, 0.5) is 17.6 Å². The van der Waals surface area contributed by atoms with Gasteiger partial charge in [0.05, 0.1) is 6.10 Å². The average Bonchev–Trinajstić information content (AvgIpc) is 2.60. The second-order valence-electron chi connectivity index (χ2n) is 4.88. The fourth-order valence-corrected chi connectivity index (χ4v) is 2.16. The summed E-state index contributed by atoms with van der Waals surface area (Å²) in [6, 6.07) is 1.96. The minimum Gasteiger partial charge on any atom is -0.377 e. The highest BCUT2D eigenvalue weighted by atomic mass is 16.5. The van der Waals surface area contributed by atoms with Crippen molar-refractivity contribution in [3.05, 3.63) is 6.07 Å². The highest BCUT2D eigenvalue weighted by Gasteiger charge is 2.17. The Balaban J connectivity index is 2.15. The van der Waals surface area contributed by atoms with Crippen LogP contribution >= 0.6 is 0 Å². The van der Waals surface area contributed by atoms with Crippen LogP contribution in [0.3, 0.4) is 0 Å². The molecule has 1 saturated heterocycles. The first-order valence-corrected chi connectivity index (χ1v) is 6.94. The van der Waals surface area contributed by atoms with E-state index in [1.165, 1.54) is 0 Å². The summed E-state index contributed by atoms with van der Waals surface area (Å²) < 4.78 is 5.65. The van der Waals surface area contributed by atoms with Gasteiger partial charge in [0, 0.05) is 32.3 Å². The van der Waals surface area contributed by atoms with Crippen LogP contribution in [0.5, 0.6) is 0 Å². The molecule has 1 atom stereocenters. The molecular formula is C13H23N5O. The molecule has 19 heavy (non-hydrogen) atoms. The summed E-state index contributed by atoms with van der Waals surface area (Å²) in [5, 5.41) is 3.25. The van der Waals surface area contributed by atoms with Crippen molar-refractivity contribution in [2.75, 3.05) is 42.2 Å². The van der Waals surface area contributed by atoms with E-state index >= 15 is 0 Å². The number of nitrogens with zero attached hydrogens (tertiary/aromatic N) is 3. The molecule has 0 aliphatic carbocycles. The summed E-state index contributed by atoms with van der Waals surface area (Å²) in [4.78, 5) is 10.8. The molecule has 0 radical (unpaired) electrons. The number of nitrogens with two attached hydrogens (primary N) is 1. The van der Waals surface area contributed by atoms with Gasteiger partial charge in [-0.05, 0) is 19.8 Å². The molecule has 1 aliphatic heterocycles. The highest BCUT2D eigenvalue weighted by Crippen LogP contribution is 2.19. The van der Waals surface area contributed by atoms with Crippen molar-refractivity contribution in [1.82, 2.24) is 9.97 Å². The molecule has 106 valence electrons. The number of aromatic nitrogens is 2. The lowest BCUT2D eigenvalue weighted by atomic mass is 10.3. The van der Waals surface area contributed by atoms with Gasteiger partial charge in [0.1, 0.15) is 11.6 Å². The van der Waals surface area contributed by atoms with E-state index in [0.29, 0.717) is 5.95 Å². The number of nitrogens with one attached hydrogen (secondary N) is 1. The molecule has 2 rings (SSSR count). The van der Waals surface area contributed by atoms with Crippen LogP contribution in [0.2, 0.25) is 0 Å². The van der Waals surface area contributed by atoms with Gasteiger partial charge in [-0.1, -0.05) is 6.92 Å².